The van der Waals surface area contributed by atoms with Gasteiger partial charge in [-0.2, -0.15) is 0 Å². The van der Waals surface area contributed by atoms with Crippen LogP contribution in [0.1, 0.15) is 45.6 Å². The van der Waals surface area contributed by atoms with Crippen LogP contribution in [0.3, 0.4) is 0 Å². The van der Waals surface area contributed by atoms with Gasteiger partial charge >= 0.3 is 0 Å². The molecule has 0 saturated carbocycles. The van der Waals surface area contributed by atoms with Gasteiger partial charge in [0.2, 0.25) is 0 Å². The van der Waals surface area contributed by atoms with Gasteiger partial charge in [0, 0.05) is 5.71 Å². The molecule has 2 nitrogen and oxygen atoms in total. The van der Waals surface area contributed by atoms with E-state index in [-0.39, 0.29) is 0 Å². The summed E-state index contributed by atoms with van der Waals surface area (Å²) >= 11 is 0. The van der Waals surface area contributed by atoms with Crippen molar-refractivity contribution in [3.8, 4) is 5.75 Å². The molecule has 128 valence electrons. The molecule has 0 saturated heterocycles. The fraction of sp³-hybridized carbons (Fsp3) is 0.318. The molecule has 2 heteroatoms. The first-order valence-electron chi connectivity index (χ1n) is 8.49. The van der Waals surface area contributed by atoms with E-state index in [1.807, 2.05) is 56.4 Å². The van der Waals surface area contributed by atoms with E-state index in [0.29, 0.717) is 12.5 Å². The minimum absolute atomic E-state index is 0.437. The van der Waals surface area contributed by atoms with Gasteiger partial charge in [-0.05, 0) is 56.0 Å². The molecule has 0 aliphatic heterocycles. The fourth-order valence-electron chi connectivity index (χ4n) is 2.08. The van der Waals surface area contributed by atoms with Crippen molar-refractivity contribution < 1.29 is 4.74 Å². The molecular formula is C22H29NO. The number of allylic oxidation sites excluding steroid dienone is 6. The van der Waals surface area contributed by atoms with Crippen LogP contribution in [-0.2, 0) is 0 Å². The Kier molecular flexibility index (Phi) is 9.21. The van der Waals surface area contributed by atoms with E-state index in [1.54, 1.807) is 6.08 Å². The number of benzene rings is 1. The molecule has 1 atom stereocenters. The van der Waals surface area contributed by atoms with Crippen molar-refractivity contribution in [1.82, 2.24) is 0 Å². The van der Waals surface area contributed by atoms with Crippen LogP contribution in [0.25, 0.3) is 0 Å². The lowest BCUT2D eigenvalue weighted by Gasteiger charge is -2.11. The van der Waals surface area contributed by atoms with Crippen molar-refractivity contribution >= 4 is 5.71 Å². The molecule has 0 fully saturated rings. The molecule has 0 spiro atoms. The molecule has 0 N–H and O–H groups in total. The lowest BCUT2D eigenvalue weighted by molar-refractivity contribution is 0.350. The monoisotopic (exact) mass is 323 g/mol. The summed E-state index contributed by atoms with van der Waals surface area (Å²) in [7, 11) is 0. The summed E-state index contributed by atoms with van der Waals surface area (Å²) in [5, 5.41) is 0. The quantitative estimate of drug-likeness (QED) is 0.389. The van der Waals surface area contributed by atoms with E-state index in [2.05, 4.69) is 37.6 Å². The Morgan fingerprint density at radius 2 is 1.96 bits per heavy atom. The molecule has 0 bridgehead atoms. The highest BCUT2D eigenvalue weighted by Gasteiger charge is 2.03. The van der Waals surface area contributed by atoms with E-state index in [0.717, 1.165) is 23.6 Å². The van der Waals surface area contributed by atoms with E-state index >= 15 is 0 Å². The second kappa shape index (κ2) is 11.2. The largest absolute Gasteiger partial charge is 0.487 e. The highest BCUT2D eigenvalue weighted by Crippen LogP contribution is 2.21. The predicted molar refractivity (Wildman–Crippen MR) is 106 cm³/mol. The molecule has 0 aliphatic rings. The first kappa shape index (κ1) is 19.7. The second-order valence-electron chi connectivity index (χ2n) is 5.70. The minimum Gasteiger partial charge on any atom is -0.487 e. The summed E-state index contributed by atoms with van der Waals surface area (Å²) in [5.74, 6) is 1.44. The van der Waals surface area contributed by atoms with Crippen LogP contribution >= 0.6 is 0 Å². The van der Waals surface area contributed by atoms with Gasteiger partial charge in [0.15, 0.2) is 0 Å². The fourth-order valence-corrected chi connectivity index (χ4v) is 2.08. The van der Waals surface area contributed by atoms with E-state index in [1.165, 1.54) is 5.56 Å². The Morgan fingerprint density at radius 3 is 2.54 bits per heavy atom. The summed E-state index contributed by atoms with van der Waals surface area (Å²) < 4.78 is 5.89. The van der Waals surface area contributed by atoms with Crippen LogP contribution in [0.15, 0.2) is 78.0 Å². The third-order valence-corrected chi connectivity index (χ3v) is 3.72. The van der Waals surface area contributed by atoms with Crippen molar-refractivity contribution in [3.63, 3.8) is 0 Å². The smallest absolute Gasteiger partial charge is 0.130 e. The number of rotatable bonds is 9. The molecule has 0 amide bonds. The third kappa shape index (κ3) is 7.28. The number of nitrogens with zero attached hydrogens (tertiary/aromatic N) is 1. The van der Waals surface area contributed by atoms with Crippen molar-refractivity contribution in [2.75, 3.05) is 6.61 Å². The first-order chi connectivity index (χ1) is 11.6. The standard InChI is InChI=1S/C22H29NO/c1-6-9-11-19(5)23-21(12-10-7-2)17-24-22-15-13-20(14-16-22)18(4)8-3/h6-7,9-16,18H,1,8,17H2,2-5H3/b10-7+,11-9-,21-12-,23-19+. The van der Waals surface area contributed by atoms with Crippen LogP contribution in [-0.4, -0.2) is 12.3 Å². The maximum Gasteiger partial charge on any atom is 0.130 e. The maximum atomic E-state index is 5.89. The Bertz CT molecular complexity index is 618. The van der Waals surface area contributed by atoms with E-state index in [4.69, 9.17) is 4.74 Å². The topological polar surface area (TPSA) is 21.6 Å². The number of ether oxygens (including phenoxy) is 1. The summed E-state index contributed by atoms with van der Waals surface area (Å²) in [6.45, 7) is 12.5. The molecule has 0 aromatic heterocycles. The maximum absolute atomic E-state index is 5.89. The molecule has 24 heavy (non-hydrogen) atoms. The van der Waals surface area contributed by atoms with E-state index in [9.17, 15) is 0 Å². The summed E-state index contributed by atoms with van der Waals surface area (Å²) in [4.78, 5) is 4.59. The zero-order valence-corrected chi connectivity index (χ0v) is 15.3. The van der Waals surface area contributed by atoms with Crippen LogP contribution in [0.4, 0.5) is 0 Å². The Balaban J connectivity index is 2.78. The number of hydrogen-bond acceptors (Lipinski definition) is 2. The SMILES string of the molecule is C=C\C=C/C(C)=N/C(=C\C=C\C)COc1ccc(C(C)CC)cc1. The van der Waals surface area contributed by atoms with Gasteiger partial charge in [-0.25, -0.2) is 0 Å². The second-order valence-corrected chi connectivity index (χ2v) is 5.70. The zero-order chi connectivity index (χ0) is 17.8. The van der Waals surface area contributed by atoms with Gasteiger partial charge in [-0.15, -0.1) is 0 Å². The van der Waals surface area contributed by atoms with Crippen LogP contribution in [0, 0.1) is 0 Å². The zero-order valence-electron chi connectivity index (χ0n) is 15.3. The third-order valence-electron chi connectivity index (χ3n) is 3.72. The summed E-state index contributed by atoms with van der Waals surface area (Å²) in [6, 6.07) is 8.34. The number of hydrogen-bond donors (Lipinski definition) is 0. The molecule has 0 heterocycles. The molecule has 0 radical (unpaired) electrons. The first-order valence-corrected chi connectivity index (χ1v) is 8.49. The van der Waals surface area contributed by atoms with Gasteiger partial charge in [0.1, 0.15) is 12.4 Å². The van der Waals surface area contributed by atoms with Crippen LogP contribution in [0.2, 0.25) is 0 Å². The summed E-state index contributed by atoms with van der Waals surface area (Å²) in [6.07, 6.45) is 12.6. The Hall–Kier alpha value is -2.35. The van der Waals surface area contributed by atoms with Gasteiger partial charge in [0.05, 0.1) is 5.70 Å². The minimum atomic E-state index is 0.437. The number of aliphatic imine (C=N–C) groups is 1. The van der Waals surface area contributed by atoms with Crippen molar-refractivity contribution in [3.05, 3.63) is 78.6 Å². The molecule has 1 rings (SSSR count). The van der Waals surface area contributed by atoms with Crippen molar-refractivity contribution in [2.45, 2.75) is 40.0 Å². The van der Waals surface area contributed by atoms with Gasteiger partial charge in [0.25, 0.3) is 0 Å². The van der Waals surface area contributed by atoms with E-state index < -0.39 is 0 Å². The molecule has 1 unspecified atom stereocenters. The van der Waals surface area contributed by atoms with Gasteiger partial charge in [-0.3, -0.25) is 4.99 Å². The normalized spacial score (nSPS) is 14.3. The summed E-state index contributed by atoms with van der Waals surface area (Å²) in [5.41, 5.74) is 3.14. The Morgan fingerprint density at radius 1 is 1.25 bits per heavy atom. The highest BCUT2D eigenvalue weighted by molar-refractivity contribution is 5.93. The Labute approximate surface area is 147 Å². The molecule has 1 aromatic rings. The lowest BCUT2D eigenvalue weighted by Crippen LogP contribution is -2.02. The van der Waals surface area contributed by atoms with Crippen molar-refractivity contribution in [1.29, 1.82) is 0 Å². The van der Waals surface area contributed by atoms with Gasteiger partial charge < -0.3 is 4.74 Å². The molecule has 1 aromatic carbocycles. The predicted octanol–water partition coefficient (Wildman–Crippen LogP) is 6.24. The molecular weight excluding hydrogens is 294 g/mol. The van der Waals surface area contributed by atoms with Crippen LogP contribution in [0.5, 0.6) is 5.75 Å². The average Bonchev–Trinajstić information content (AvgIpc) is 2.61. The van der Waals surface area contributed by atoms with Gasteiger partial charge in [-0.1, -0.05) is 56.9 Å². The average molecular weight is 323 g/mol. The molecule has 0 aliphatic carbocycles. The lowest BCUT2D eigenvalue weighted by atomic mass is 9.99. The van der Waals surface area contributed by atoms with Crippen molar-refractivity contribution in [2.24, 2.45) is 4.99 Å². The highest BCUT2D eigenvalue weighted by atomic mass is 16.5. The van der Waals surface area contributed by atoms with Crippen LogP contribution < -0.4 is 4.74 Å².